The molecule has 2 aliphatic rings. The van der Waals surface area contributed by atoms with Crippen molar-refractivity contribution in [3.63, 3.8) is 0 Å². The van der Waals surface area contributed by atoms with Crippen molar-refractivity contribution in [3.05, 3.63) is 78.3 Å². The molecule has 0 bridgehead atoms. The Hall–Kier alpha value is -4.12. The maximum absolute atomic E-state index is 13.9. The molecule has 0 saturated carbocycles. The summed E-state index contributed by atoms with van der Waals surface area (Å²) in [6.45, 7) is 4.67. The van der Waals surface area contributed by atoms with Crippen LogP contribution in [0.3, 0.4) is 0 Å². The standard InChI is InChI=1S/C23H21F2N7O2/c1-2-18(33)31-9-8-14(11-31)32-23-19(22(26)28-12-29-23)20(30-32)13-6-7-17(27-10-13)34-21-15(24)4-3-5-16(21)25/h2-7,10,12,14,20,30H,1,8-9,11H2,(H2,26,28,29)/t14-,20?/m1/s1. The highest BCUT2D eigenvalue weighted by atomic mass is 19.1. The smallest absolute Gasteiger partial charge is 0.246 e. The fraction of sp³-hybridized carbons (Fsp3) is 0.217. The van der Waals surface area contributed by atoms with E-state index in [9.17, 15) is 13.6 Å². The molecule has 1 aromatic carbocycles. The summed E-state index contributed by atoms with van der Waals surface area (Å²) in [5, 5.41) is 1.91. The third-order valence-electron chi connectivity index (χ3n) is 5.91. The monoisotopic (exact) mass is 465 g/mol. The molecule has 1 amide bonds. The van der Waals surface area contributed by atoms with Crippen molar-refractivity contribution in [3.8, 4) is 11.6 Å². The number of halogens is 2. The van der Waals surface area contributed by atoms with Crippen molar-refractivity contribution < 1.29 is 18.3 Å². The number of nitrogens with zero attached hydrogens (tertiary/aromatic N) is 5. The highest BCUT2D eigenvalue weighted by Crippen LogP contribution is 2.40. The number of rotatable bonds is 5. The van der Waals surface area contributed by atoms with Gasteiger partial charge in [0, 0.05) is 25.4 Å². The van der Waals surface area contributed by atoms with Gasteiger partial charge in [-0.2, -0.15) is 0 Å². The lowest BCUT2D eigenvalue weighted by atomic mass is 10.0. The zero-order valence-corrected chi connectivity index (χ0v) is 18.0. The van der Waals surface area contributed by atoms with Gasteiger partial charge in [0.05, 0.1) is 17.6 Å². The molecule has 1 saturated heterocycles. The molecule has 9 nitrogen and oxygen atoms in total. The average molecular weight is 465 g/mol. The Morgan fingerprint density at radius 1 is 1.21 bits per heavy atom. The first-order valence-corrected chi connectivity index (χ1v) is 10.6. The molecule has 2 aromatic heterocycles. The largest absolute Gasteiger partial charge is 0.433 e. The first-order valence-electron chi connectivity index (χ1n) is 10.6. The number of para-hydroxylation sites is 1. The summed E-state index contributed by atoms with van der Waals surface area (Å²) < 4.78 is 33.1. The Labute approximate surface area is 193 Å². The molecular weight excluding hydrogens is 444 g/mol. The van der Waals surface area contributed by atoms with E-state index in [-0.39, 0.29) is 17.8 Å². The van der Waals surface area contributed by atoms with Crippen molar-refractivity contribution in [2.24, 2.45) is 0 Å². The number of anilines is 2. The van der Waals surface area contributed by atoms with Crippen LogP contribution in [0.15, 0.2) is 55.5 Å². The summed E-state index contributed by atoms with van der Waals surface area (Å²) in [5.41, 5.74) is 11.0. The predicted molar refractivity (Wildman–Crippen MR) is 120 cm³/mol. The molecule has 3 N–H and O–H groups in total. The topological polar surface area (TPSA) is 110 Å². The van der Waals surface area contributed by atoms with Gasteiger partial charge in [-0.25, -0.2) is 29.2 Å². The molecule has 0 radical (unpaired) electrons. The minimum absolute atomic E-state index is 0.0263. The van der Waals surface area contributed by atoms with Gasteiger partial charge in [-0.3, -0.25) is 9.80 Å². The van der Waals surface area contributed by atoms with E-state index in [1.807, 2.05) is 5.01 Å². The number of nitrogen functional groups attached to an aromatic ring is 1. The van der Waals surface area contributed by atoms with Gasteiger partial charge in [-0.15, -0.1) is 0 Å². The SMILES string of the molecule is C=CC(=O)N1CC[C@@H](N2NC(c3ccc(Oc4c(F)cccc4F)nc3)c3c(N)ncnc32)C1. The molecular formula is C23H21F2N7O2. The number of amides is 1. The number of hydrazine groups is 1. The summed E-state index contributed by atoms with van der Waals surface area (Å²) in [7, 11) is 0. The Morgan fingerprint density at radius 2 is 2.00 bits per heavy atom. The minimum Gasteiger partial charge on any atom is -0.433 e. The second-order valence-electron chi connectivity index (χ2n) is 7.94. The number of benzene rings is 1. The Bertz CT molecular complexity index is 1230. The van der Waals surface area contributed by atoms with Crippen molar-refractivity contribution >= 4 is 17.5 Å². The van der Waals surface area contributed by atoms with Gasteiger partial charge in [0.25, 0.3) is 0 Å². The van der Waals surface area contributed by atoms with Crippen molar-refractivity contribution in [1.29, 1.82) is 0 Å². The molecule has 1 unspecified atom stereocenters. The summed E-state index contributed by atoms with van der Waals surface area (Å²) in [5.74, 6) is -1.30. The first kappa shape index (κ1) is 21.7. The van der Waals surface area contributed by atoms with Crippen LogP contribution in [0, 0.1) is 11.6 Å². The van der Waals surface area contributed by atoms with Gasteiger partial charge in [0.15, 0.2) is 17.5 Å². The second kappa shape index (κ2) is 8.67. The van der Waals surface area contributed by atoms with Crippen molar-refractivity contribution in [1.82, 2.24) is 25.3 Å². The molecule has 34 heavy (non-hydrogen) atoms. The third kappa shape index (κ3) is 3.79. The van der Waals surface area contributed by atoms with Crippen LogP contribution in [-0.4, -0.2) is 44.9 Å². The quantitative estimate of drug-likeness (QED) is 0.554. The lowest BCUT2D eigenvalue weighted by Gasteiger charge is -2.26. The van der Waals surface area contributed by atoms with Crippen LogP contribution in [0.1, 0.15) is 23.6 Å². The van der Waals surface area contributed by atoms with Gasteiger partial charge in [-0.05, 0) is 30.2 Å². The molecule has 5 rings (SSSR count). The van der Waals surface area contributed by atoms with E-state index in [0.29, 0.717) is 30.3 Å². The van der Waals surface area contributed by atoms with Crippen LogP contribution >= 0.6 is 0 Å². The number of fused-ring (bicyclic) bond motifs is 1. The molecule has 3 aromatic rings. The number of hydrogen-bond donors (Lipinski definition) is 2. The molecule has 1 fully saturated rings. The molecule has 0 aliphatic carbocycles. The van der Waals surface area contributed by atoms with Crippen molar-refractivity contribution in [2.45, 2.75) is 18.5 Å². The maximum atomic E-state index is 13.9. The van der Waals surface area contributed by atoms with Gasteiger partial charge < -0.3 is 15.4 Å². The minimum atomic E-state index is -0.821. The van der Waals surface area contributed by atoms with Crippen molar-refractivity contribution in [2.75, 3.05) is 23.8 Å². The number of hydrogen-bond acceptors (Lipinski definition) is 8. The van der Waals surface area contributed by atoms with Crippen LogP contribution < -0.4 is 20.9 Å². The van der Waals surface area contributed by atoms with E-state index in [1.54, 1.807) is 11.0 Å². The van der Waals surface area contributed by atoms with E-state index < -0.39 is 23.4 Å². The number of aromatic nitrogens is 3. The summed E-state index contributed by atoms with van der Waals surface area (Å²) in [4.78, 5) is 26.5. The molecule has 11 heteroatoms. The number of carbonyl (C=O) groups excluding carboxylic acids is 1. The molecule has 2 aliphatic heterocycles. The zero-order valence-electron chi connectivity index (χ0n) is 18.0. The fourth-order valence-corrected chi connectivity index (χ4v) is 4.24. The highest BCUT2D eigenvalue weighted by Gasteiger charge is 2.40. The number of ether oxygens (including phenoxy) is 1. The van der Waals surface area contributed by atoms with E-state index >= 15 is 0 Å². The van der Waals surface area contributed by atoms with Crippen LogP contribution in [0.4, 0.5) is 20.4 Å². The van der Waals surface area contributed by atoms with Gasteiger partial charge in [-0.1, -0.05) is 18.7 Å². The van der Waals surface area contributed by atoms with Crippen LogP contribution in [0.25, 0.3) is 0 Å². The number of nitrogens with two attached hydrogens (primary N) is 1. The third-order valence-corrected chi connectivity index (χ3v) is 5.91. The number of carbonyl (C=O) groups is 1. The predicted octanol–water partition coefficient (Wildman–Crippen LogP) is 2.73. The lowest BCUT2D eigenvalue weighted by molar-refractivity contribution is -0.125. The Morgan fingerprint density at radius 3 is 2.71 bits per heavy atom. The number of nitrogens with one attached hydrogen (secondary N) is 1. The fourth-order valence-electron chi connectivity index (χ4n) is 4.24. The van der Waals surface area contributed by atoms with E-state index in [1.165, 1.54) is 30.7 Å². The van der Waals surface area contributed by atoms with Crippen LogP contribution in [0.2, 0.25) is 0 Å². The maximum Gasteiger partial charge on any atom is 0.246 e. The Balaban J connectivity index is 1.40. The van der Waals surface area contributed by atoms with Gasteiger partial charge in [0.2, 0.25) is 17.5 Å². The van der Waals surface area contributed by atoms with E-state index in [2.05, 4.69) is 27.0 Å². The van der Waals surface area contributed by atoms with Gasteiger partial charge >= 0.3 is 0 Å². The van der Waals surface area contributed by atoms with Crippen LogP contribution in [-0.2, 0) is 4.79 Å². The van der Waals surface area contributed by atoms with E-state index in [0.717, 1.165) is 24.1 Å². The molecule has 2 atom stereocenters. The number of likely N-dealkylation sites (tertiary alicyclic amines) is 1. The average Bonchev–Trinajstić information content (AvgIpc) is 3.47. The summed E-state index contributed by atoms with van der Waals surface area (Å²) >= 11 is 0. The second-order valence-corrected chi connectivity index (χ2v) is 7.94. The molecule has 0 spiro atoms. The summed E-state index contributed by atoms with van der Waals surface area (Å²) in [6.07, 6.45) is 4.97. The van der Waals surface area contributed by atoms with Gasteiger partial charge in [0.1, 0.15) is 12.1 Å². The first-order chi connectivity index (χ1) is 16.5. The lowest BCUT2D eigenvalue weighted by Crippen LogP contribution is -2.45. The summed E-state index contributed by atoms with van der Waals surface area (Å²) in [6, 6.07) is 6.28. The van der Waals surface area contributed by atoms with Crippen LogP contribution in [0.5, 0.6) is 11.6 Å². The Kier molecular flexibility index (Phi) is 5.54. The normalized spacial score (nSPS) is 19.2. The van der Waals surface area contributed by atoms with E-state index in [4.69, 9.17) is 10.5 Å². The number of pyridine rings is 1. The highest BCUT2D eigenvalue weighted by molar-refractivity contribution is 5.87. The molecule has 4 heterocycles. The molecule has 174 valence electrons. The zero-order chi connectivity index (χ0) is 23.8.